The quantitative estimate of drug-likeness (QED) is 0.532. The van der Waals surface area contributed by atoms with Gasteiger partial charge in [-0.1, -0.05) is 0 Å². The van der Waals surface area contributed by atoms with Gasteiger partial charge in [0, 0.05) is 17.3 Å². The Bertz CT molecular complexity index is 274. The lowest BCUT2D eigenvalue weighted by Crippen LogP contribution is -1.90. The third kappa shape index (κ3) is 1.70. The molecule has 58 valence electrons. The molecule has 11 heavy (non-hydrogen) atoms. The first-order valence-electron chi connectivity index (χ1n) is 3.18. The van der Waals surface area contributed by atoms with E-state index in [1.165, 1.54) is 18.2 Å². The molecular weight excluding hydrogens is 142 g/mol. The van der Waals surface area contributed by atoms with Crippen LogP contribution in [0, 0.1) is 5.41 Å². The molecular formula is C8H9NO2. The van der Waals surface area contributed by atoms with Crippen LogP contribution in [0.2, 0.25) is 0 Å². The van der Waals surface area contributed by atoms with Crippen LogP contribution in [0.1, 0.15) is 12.5 Å². The molecule has 3 nitrogen and oxygen atoms in total. The van der Waals surface area contributed by atoms with E-state index in [-0.39, 0.29) is 11.5 Å². The van der Waals surface area contributed by atoms with Gasteiger partial charge in [0.05, 0.1) is 0 Å². The summed E-state index contributed by atoms with van der Waals surface area (Å²) in [6.07, 6.45) is 0. The van der Waals surface area contributed by atoms with Crippen molar-refractivity contribution in [2.75, 3.05) is 0 Å². The number of hydrogen-bond acceptors (Lipinski definition) is 3. The second kappa shape index (κ2) is 2.62. The van der Waals surface area contributed by atoms with Crippen LogP contribution in [0.4, 0.5) is 0 Å². The summed E-state index contributed by atoms with van der Waals surface area (Å²) < 4.78 is 0. The van der Waals surface area contributed by atoms with Crippen molar-refractivity contribution in [1.82, 2.24) is 0 Å². The Hall–Kier alpha value is -1.51. The van der Waals surface area contributed by atoms with Crippen LogP contribution in [0.3, 0.4) is 0 Å². The van der Waals surface area contributed by atoms with Gasteiger partial charge in [0.2, 0.25) is 0 Å². The number of hydrogen-bond donors (Lipinski definition) is 3. The standard InChI is InChI=1S/C8H9NO2/c1-5(9)6-2-7(10)4-8(11)3-6/h2-4,9-11H,1H3. The van der Waals surface area contributed by atoms with Gasteiger partial charge in [0.1, 0.15) is 11.5 Å². The van der Waals surface area contributed by atoms with Gasteiger partial charge in [-0.2, -0.15) is 0 Å². The fraction of sp³-hybridized carbons (Fsp3) is 0.125. The maximum absolute atomic E-state index is 8.99. The minimum absolute atomic E-state index is 0.0217. The van der Waals surface area contributed by atoms with Crippen LogP contribution in [-0.2, 0) is 0 Å². The van der Waals surface area contributed by atoms with E-state index in [1.807, 2.05) is 0 Å². The average molecular weight is 151 g/mol. The lowest BCUT2D eigenvalue weighted by atomic mass is 10.1. The summed E-state index contributed by atoms with van der Waals surface area (Å²) in [6.45, 7) is 1.59. The molecule has 1 rings (SSSR count). The van der Waals surface area contributed by atoms with E-state index >= 15 is 0 Å². The molecule has 0 aliphatic carbocycles. The molecule has 0 aromatic heterocycles. The van der Waals surface area contributed by atoms with Gasteiger partial charge in [0.15, 0.2) is 0 Å². The molecule has 3 heteroatoms. The van der Waals surface area contributed by atoms with E-state index < -0.39 is 0 Å². The van der Waals surface area contributed by atoms with Crippen molar-refractivity contribution >= 4 is 5.71 Å². The van der Waals surface area contributed by atoms with Crippen LogP contribution in [0.15, 0.2) is 18.2 Å². The van der Waals surface area contributed by atoms with Gasteiger partial charge in [-0.25, -0.2) is 0 Å². The molecule has 0 aliphatic heterocycles. The molecule has 0 bridgehead atoms. The van der Waals surface area contributed by atoms with Crippen molar-refractivity contribution in [2.45, 2.75) is 6.92 Å². The smallest absolute Gasteiger partial charge is 0.119 e. The van der Waals surface area contributed by atoms with Crippen LogP contribution in [-0.4, -0.2) is 15.9 Å². The predicted molar refractivity (Wildman–Crippen MR) is 42.3 cm³/mol. The highest BCUT2D eigenvalue weighted by molar-refractivity contribution is 5.96. The van der Waals surface area contributed by atoms with Crippen molar-refractivity contribution in [2.24, 2.45) is 0 Å². The Labute approximate surface area is 64.4 Å². The number of phenolic OH excluding ortho intramolecular Hbond substituents is 2. The molecule has 0 heterocycles. The number of benzene rings is 1. The lowest BCUT2D eigenvalue weighted by Gasteiger charge is -1.99. The normalized spacial score (nSPS) is 9.55. The summed E-state index contributed by atoms with van der Waals surface area (Å²) in [7, 11) is 0. The van der Waals surface area contributed by atoms with Gasteiger partial charge < -0.3 is 15.6 Å². The summed E-state index contributed by atoms with van der Waals surface area (Å²) >= 11 is 0. The monoisotopic (exact) mass is 151 g/mol. The molecule has 0 aliphatic rings. The van der Waals surface area contributed by atoms with E-state index in [4.69, 9.17) is 15.6 Å². The molecule has 0 spiro atoms. The molecule has 0 atom stereocenters. The van der Waals surface area contributed by atoms with Gasteiger partial charge >= 0.3 is 0 Å². The minimum Gasteiger partial charge on any atom is -0.508 e. The third-order valence-corrected chi connectivity index (χ3v) is 1.34. The van der Waals surface area contributed by atoms with E-state index in [2.05, 4.69) is 0 Å². The first-order chi connectivity index (χ1) is 5.09. The maximum Gasteiger partial charge on any atom is 0.119 e. The lowest BCUT2D eigenvalue weighted by molar-refractivity contribution is 0.450. The third-order valence-electron chi connectivity index (χ3n) is 1.34. The first kappa shape index (κ1) is 7.60. The summed E-state index contributed by atoms with van der Waals surface area (Å²) in [5, 5.41) is 25.2. The minimum atomic E-state index is -0.0217. The van der Waals surface area contributed by atoms with Crippen LogP contribution in [0.5, 0.6) is 11.5 Å². The van der Waals surface area contributed by atoms with Crippen LogP contribution in [0.25, 0.3) is 0 Å². The van der Waals surface area contributed by atoms with Crippen LogP contribution < -0.4 is 0 Å². The van der Waals surface area contributed by atoms with Gasteiger partial charge in [-0.15, -0.1) is 0 Å². The van der Waals surface area contributed by atoms with Crippen molar-refractivity contribution < 1.29 is 10.2 Å². The van der Waals surface area contributed by atoms with Crippen molar-refractivity contribution in [3.05, 3.63) is 23.8 Å². The molecule has 0 unspecified atom stereocenters. The van der Waals surface area contributed by atoms with E-state index in [0.29, 0.717) is 11.3 Å². The molecule has 0 radical (unpaired) electrons. The number of nitrogens with one attached hydrogen (secondary N) is 1. The molecule has 0 saturated carbocycles. The van der Waals surface area contributed by atoms with Crippen LogP contribution >= 0.6 is 0 Å². The highest BCUT2D eigenvalue weighted by Gasteiger charge is 1.99. The maximum atomic E-state index is 8.99. The molecule has 1 aromatic carbocycles. The summed E-state index contributed by atoms with van der Waals surface area (Å²) in [6, 6.07) is 4.09. The summed E-state index contributed by atoms with van der Waals surface area (Å²) in [5.74, 6) is -0.0433. The zero-order chi connectivity index (χ0) is 8.43. The topological polar surface area (TPSA) is 64.3 Å². The largest absolute Gasteiger partial charge is 0.508 e. The number of aromatic hydroxyl groups is 2. The Balaban J connectivity index is 3.19. The summed E-state index contributed by atoms with van der Waals surface area (Å²) in [5.41, 5.74) is 0.846. The molecule has 0 amide bonds. The molecule has 3 N–H and O–H groups in total. The first-order valence-corrected chi connectivity index (χ1v) is 3.18. The SMILES string of the molecule is CC(=N)c1cc(O)cc(O)c1. The molecule has 0 saturated heterocycles. The Morgan fingerprint density at radius 1 is 1.18 bits per heavy atom. The second-order valence-electron chi connectivity index (χ2n) is 2.36. The van der Waals surface area contributed by atoms with Crippen molar-refractivity contribution in [1.29, 1.82) is 5.41 Å². The van der Waals surface area contributed by atoms with E-state index in [0.717, 1.165) is 0 Å². The predicted octanol–water partition coefficient (Wildman–Crippen LogP) is 1.49. The summed E-state index contributed by atoms with van der Waals surface area (Å²) in [4.78, 5) is 0. The Kier molecular flexibility index (Phi) is 1.81. The average Bonchev–Trinajstić information content (AvgIpc) is 1.85. The van der Waals surface area contributed by atoms with E-state index in [9.17, 15) is 0 Å². The number of phenols is 2. The molecule has 0 fully saturated rings. The fourth-order valence-corrected chi connectivity index (χ4v) is 0.812. The van der Waals surface area contributed by atoms with Crippen molar-refractivity contribution in [3.63, 3.8) is 0 Å². The Morgan fingerprint density at radius 2 is 1.64 bits per heavy atom. The van der Waals surface area contributed by atoms with Gasteiger partial charge in [-0.05, 0) is 19.1 Å². The fourth-order valence-electron chi connectivity index (χ4n) is 0.812. The van der Waals surface area contributed by atoms with Crippen molar-refractivity contribution in [3.8, 4) is 11.5 Å². The zero-order valence-electron chi connectivity index (χ0n) is 6.13. The molecule has 1 aromatic rings. The highest BCUT2D eigenvalue weighted by Crippen LogP contribution is 2.20. The Morgan fingerprint density at radius 3 is 2.00 bits per heavy atom. The van der Waals surface area contributed by atoms with Gasteiger partial charge in [0.25, 0.3) is 0 Å². The zero-order valence-corrected chi connectivity index (χ0v) is 6.13. The van der Waals surface area contributed by atoms with E-state index in [1.54, 1.807) is 6.92 Å². The second-order valence-corrected chi connectivity index (χ2v) is 2.36. The number of rotatable bonds is 1. The van der Waals surface area contributed by atoms with Gasteiger partial charge in [-0.3, -0.25) is 0 Å². The highest BCUT2D eigenvalue weighted by atomic mass is 16.3.